The molecule has 0 radical (unpaired) electrons. The van der Waals surface area contributed by atoms with Gasteiger partial charge < -0.3 is 5.32 Å². The lowest BCUT2D eigenvalue weighted by Crippen LogP contribution is -2.31. The molecule has 2 heteroatoms. The van der Waals surface area contributed by atoms with Gasteiger partial charge in [0.05, 0.1) is 6.04 Å². The minimum Gasteiger partial charge on any atom is -0.307 e. The van der Waals surface area contributed by atoms with Crippen molar-refractivity contribution in [2.45, 2.75) is 18.9 Å². The van der Waals surface area contributed by atoms with Crippen molar-refractivity contribution < 1.29 is 4.79 Å². The molecule has 2 nitrogen and oxygen atoms in total. The molecule has 0 aromatic heterocycles. The Labute approximate surface area is 146 Å². The van der Waals surface area contributed by atoms with Crippen LogP contribution >= 0.6 is 0 Å². The Morgan fingerprint density at radius 2 is 1.60 bits per heavy atom. The fourth-order valence-electron chi connectivity index (χ4n) is 4.25. The van der Waals surface area contributed by atoms with E-state index in [0.29, 0.717) is 5.57 Å². The van der Waals surface area contributed by atoms with E-state index in [9.17, 15) is 4.79 Å². The third kappa shape index (κ3) is 2.11. The Morgan fingerprint density at radius 3 is 2.32 bits per heavy atom. The van der Waals surface area contributed by atoms with E-state index in [1.54, 1.807) is 0 Å². The normalized spacial score (nSPS) is 17.7. The van der Waals surface area contributed by atoms with Gasteiger partial charge in [-0.15, -0.1) is 0 Å². The Morgan fingerprint density at radius 1 is 0.920 bits per heavy atom. The number of hydrogen-bond donors (Lipinski definition) is 1. The van der Waals surface area contributed by atoms with Crippen LogP contribution in [0.3, 0.4) is 0 Å². The van der Waals surface area contributed by atoms with E-state index in [0.717, 1.165) is 30.3 Å². The molecule has 1 N–H and O–H groups in total. The molecule has 0 saturated carbocycles. The molecule has 5 rings (SSSR count). The second kappa shape index (κ2) is 5.40. The highest BCUT2D eigenvalue weighted by Crippen LogP contribution is 2.37. The highest BCUT2D eigenvalue weighted by atomic mass is 16.1. The molecule has 1 saturated heterocycles. The summed E-state index contributed by atoms with van der Waals surface area (Å²) in [6.45, 7) is 5.08. The maximum atomic E-state index is 12.8. The molecule has 1 atom stereocenters. The molecule has 1 aliphatic heterocycles. The first-order valence-electron chi connectivity index (χ1n) is 8.87. The number of benzene rings is 4. The van der Waals surface area contributed by atoms with Crippen molar-refractivity contribution in [3.8, 4) is 0 Å². The van der Waals surface area contributed by atoms with Gasteiger partial charge in [-0.05, 0) is 57.3 Å². The predicted molar refractivity (Wildman–Crippen MR) is 105 cm³/mol. The zero-order chi connectivity index (χ0) is 17.0. The summed E-state index contributed by atoms with van der Waals surface area (Å²) in [5, 5.41) is 10.6. The number of carbonyl (C=O) groups excluding carboxylic acids is 1. The summed E-state index contributed by atoms with van der Waals surface area (Å²) in [6, 6.07) is 19.1. The van der Waals surface area contributed by atoms with Gasteiger partial charge in [-0.1, -0.05) is 61.2 Å². The first kappa shape index (κ1) is 14.6. The van der Waals surface area contributed by atoms with Crippen LogP contribution in [-0.4, -0.2) is 18.4 Å². The Kier molecular flexibility index (Phi) is 3.16. The molecule has 0 aliphatic carbocycles. The van der Waals surface area contributed by atoms with Gasteiger partial charge in [0.15, 0.2) is 5.78 Å². The van der Waals surface area contributed by atoms with Gasteiger partial charge in [0.2, 0.25) is 0 Å². The average Bonchev–Trinajstić information content (AvgIpc) is 3.19. The zero-order valence-electron chi connectivity index (χ0n) is 14.0. The van der Waals surface area contributed by atoms with Crippen LogP contribution in [0.4, 0.5) is 0 Å². The van der Waals surface area contributed by atoms with Gasteiger partial charge in [-0.25, -0.2) is 0 Å². The van der Waals surface area contributed by atoms with Gasteiger partial charge in [0.1, 0.15) is 0 Å². The van der Waals surface area contributed by atoms with Crippen LogP contribution in [0.5, 0.6) is 0 Å². The summed E-state index contributed by atoms with van der Waals surface area (Å²) < 4.78 is 0. The SMILES string of the molecule is C=C(C(=O)C1CCCN1)c1ccc2ccc3cccc4ccc1c2c34. The first-order chi connectivity index (χ1) is 12.2. The van der Waals surface area contributed by atoms with Gasteiger partial charge in [-0.3, -0.25) is 4.79 Å². The van der Waals surface area contributed by atoms with Crippen molar-refractivity contribution in [1.29, 1.82) is 0 Å². The molecule has 4 aromatic rings. The third-order valence-corrected chi connectivity index (χ3v) is 5.53. The minimum absolute atomic E-state index is 0.0777. The van der Waals surface area contributed by atoms with E-state index < -0.39 is 0 Å². The summed E-state index contributed by atoms with van der Waals surface area (Å²) >= 11 is 0. The summed E-state index contributed by atoms with van der Waals surface area (Å²) in [4.78, 5) is 12.8. The van der Waals surface area contributed by atoms with Crippen LogP contribution in [0.1, 0.15) is 18.4 Å². The van der Waals surface area contributed by atoms with Crippen LogP contribution in [-0.2, 0) is 4.79 Å². The van der Waals surface area contributed by atoms with Crippen molar-refractivity contribution in [3.63, 3.8) is 0 Å². The smallest absolute Gasteiger partial charge is 0.179 e. The quantitative estimate of drug-likeness (QED) is 0.428. The van der Waals surface area contributed by atoms with E-state index in [1.165, 1.54) is 26.9 Å². The largest absolute Gasteiger partial charge is 0.307 e. The molecule has 0 bridgehead atoms. The summed E-state index contributed by atoms with van der Waals surface area (Å²) in [5.74, 6) is 0.132. The van der Waals surface area contributed by atoms with Crippen LogP contribution in [0, 0.1) is 0 Å². The van der Waals surface area contributed by atoms with Crippen molar-refractivity contribution in [3.05, 3.63) is 66.7 Å². The Balaban J connectivity index is 1.76. The highest BCUT2D eigenvalue weighted by Gasteiger charge is 2.25. The van der Waals surface area contributed by atoms with Gasteiger partial charge in [-0.2, -0.15) is 0 Å². The van der Waals surface area contributed by atoms with E-state index in [1.807, 2.05) is 0 Å². The molecule has 1 heterocycles. The lowest BCUT2D eigenvalue weighted by atomic mass is 9.88. The summed E-state index contributed by atoms with van der Waals surface area (Å²) in [5.41, 5.74) is 1.58. The number of rotatable bonds is 3. The van der Waals surface area contributed by atoms with Crippen molar-refractivity contribution in [1.82, 2.24) is 5.32 Å². The lowest BCUT2D eigenvalue weighted by Gasteiger charge is -2.16. The zero-order valence-corrected chi connectivity index (χ0v) is 14.0. The Bertz CT molecular complexity index is 1120. The van der Waals surface area contributed by atoms with Gasteiger partial charge in [0, 0.05) is 5.57 Å². The van der Waals surface area contributed by atoms with Crippen LogP contribution in [0.2, 0.25) is 0 Å². The van der Waals surface area contributed by atoms with E-state index in [4.69, 9.17) is 0 Å². The average molecular weight is 325 g/mol. The molecule has 1 aliphatic rings. The number of carbonyl (C=O) groups is 1. The fourth-order valence-corrected chi connectivity index (χ4v) is 4.25. The fraction of sp³-hybridized carbons (Fsp3) is 0.174. The summed E-state index contributed by atoms with van der Waals surface area (Å²) in [7, 11) is 0. The van der Waals surface area contributed by atoms with Gasteiger partial charge >= 0.3 is 0 Å². The monoisotopic (exact) mass is 325 g/mol. The molecule has 0 spiro atoms. The third-order valence-electron chi connectivity index (χ3n) is 5.53. The highest BCUT2D eigenvalue weighted by molar-refractivity contribution is 6.30. The maximum Gasteiger partial charge on any atom is 0.179 e. The predicted octanol–water partition coefficient (Wildman–Crippen LogP) is 4.92. The first-order valence-corrected chi connectivity index (χ1v) is 8.87. The van der Waals surface area contributed by atoms with Crippen molar-refractivity contribution in [2.75, 3.05) is 6.54 Å². The molecule has 122 valence electrons. The number of nitrogens with one attached hydrogen (secondary N) is 1. The maximum absolute atomic E-state index is 12.8. The molecule has 1 fully saturated rings. The summed E-state index contributed by atoms with van der Waals surface area (Å²) in [6.07, 6.45) is 1.96. The van der Waals surface area contributed by atoms with Gasteiger partial charge in [0.25, 0.3) is 0 Å². The van der Waals surface area contributed by atoms with E-state index >= 15 is 0 Å². The Hall–Kier alpha value is -2.71. The van der Waals surface area contributed by atoms with E-state index in [-0.39, 0.29) is 11.8 Å². The van der Waals surface area contributed by atoms with Crippen LogP contribution in [0.25, 0.3) is 37.9 Å². The topological polar surface area (TPSA) is 29.1 Å². The molecular weight excluding hydrogens is 306 g/mol. The van der Waals surface area contributed by atoms with Crippen LogP contribution < -0.4 is 5.32 Å². The van der Waals surface area contributed by atoms with Crippen molar-refractivity contribution in [2.24, 2.45) is 0 Å². The molecule has 1 unspecified atom stereocenters. The molecule has 25 heavy (non-hydrogen) atoms. The van der Waals surface area contributed by atoms with Crippen molar-refractivity contribution >= 4 is 43.7 Å². The number of hydrogen-bond acceptors (Lipinski definition) is 2. The number of Topliss-reactive ketones (excluding diaryl/α,β-unsaturated/α-hetero) is 1. The van der Waals surface area contributed by atoms with E-state index in [2.05, 4.69) is 66.5 Å². The molecule has 0 amide bonds. The lowest BCUT2D eigenvalue weighted by molar-refractivity contribution is -0.115. The standard InChI is InChI=1S/C23H19NO/c1-14(23(25)20-6-3-13-24-20)18-11-9-17-8-7-15-4-2-5-16-10-12-19(18)22(17)21(15)16/h2,4-5,7-12,20,24H,1,3,6,13H2. The molecule has 4 aromatic carbocycles. The second-order valence-corrected chi connectivity index (χ2v) is 6.96. The minimum atomic E-state index is -0.0777. The van der Waals surface area contributed by atoms with Crippen LogP contribution in [0.15, 0.2) is 61.2 Å². The second-order valence-electron chi connectivity index (χ2n) is 6.96. The molecular formula is C23H19NO. The number of ketones is 1.